The van der Waals surface area contributed by atoms with Gasteiger partial charge in [0.05, 0.1) is 18.4 Å². The van der Waals surface area contributed by atoms with Crippen molar-refractivity contribution in [3.63, 3.8) is 0 Å². The van der Waals surface area contributed by atoms with Crippen LogP contribution < -0.4 is 10.2 Å². The standard InChI is InChI=1S/C16H17N5OS/c1-20(2)14-5-3-4-12(8-14)16(22)17-9-13-10-21(19-18-13)15-6-7-23-11-15/h3-8,10-11H,9H2,1-2H3,(H,17,22). The van der Waals surface area contributed by atoms with Crippen molar-refractivity contribution in [1.82, 2.24) is 20.3 Å². The number of nitrogens with zero attached hydrogens (tertiary/aromatic N) is 4. The minimum Gasteiger partial charge on any atom is -0.378 e. The van der Waals surface area contributed by atoms with Gasteiger partial charge in [-0.2, -0.15) is 11.3 Å². The number of amides is 1. The zero-order valence-corrected chi connectivity index (χ0v) is 13.7. The molecule has 0 radical (unpaired) electrons. The molecule has 1 N–H and O–H groups in total. The highest BCUT2D eigenvalue weighted by atomic mass is 32.1. The molecule has 6 nitrogen and oxygen atoms in total. The fraction of sp³-hybridized carbons (Fsp3) is 0.188. The molecule has 0 unspecified atom stereocenters. The third kappa shape index (κ3) is 3.57. The molecule has 23 heavy (non-hydrogen) atoms. The summed E-state index contributed by atoms with van der Waals surface area (Å²) in [6.07, 6.45) is 1.82. The van der Waals surface area contributed by atoms with E-state index in [1.807, 2.05) is 60.2 Å². The third-order valence-electron chi connectivity index (χ3n) is 3.37. The number of anilines is 1. The quantitative estimate of drug-likeness (QED) is 0.781. The van der Waals surface area contributed by atoms with Crippen LogP contribution in [-0.2, 0) is 6.54 Å². The van der Waals surface area contributed by atoms with Crippen LogP contribution in [0.5, 0.6) is 0 Å². The highest BCUT2D eigenvalue weighted by Gasteiger charge is 2.09. The lowest BCUT2D eigenvalue weighted by molar-refractivity contribution is 0.0950. The summed E-state index contributed by atoms with van der Waals surface area (Å²) in [7, 11) is 3.89. The van der Waals surface area contributed by atoms with Crippen molar-refractivity contribution in [2.24, 2.45) is 0 Å². The van der Waals surface area contributed by atoms with Gasteiger partial charge in [0.25, 0.3) is 5.91 Å². The number of aromatic nitrogens is 3. The average Bonchev–Trinajstić information content (AvgIpc) is 3.23. The van der Waals surface area contributed by atoms with Gasteiger partial charge in [0, 0.05) is 30.7 Å². The van der Waals surface area contributed by atoms with Gasteiger partial charge in [0.1, 0.15) is 5.69 Å². The lowest BCUT2D eigenvalue weighted by Crippen LogP contribution is -2.23. The van der Waals surface area contributed by atoms with Crippen LogP contribution in [0.25, 0.3) is 5.69 Å². The maximum absolute atomic E-state index is 12.2. The van der Waals surface area contributed by atoms with Gasteiger partial charge in [0.15, 0.2) is 0 Å². The lowest BCUT2D eigenvalue weighted by atomic mass is 10.2. The van der Waals surface area contributed by atoms with Crippen molar-refractivity contribution in [2.75, 3.05) is 19.0 Å². The Morgan fingerprint density at radius 3 is 2.96 bits per heavy atom. The second kappa shape index (κ2) is 6.62. The smallest absolute Gasteiger partial charge is 0.251 e. The summed E-state index contributed by atoms with van der Waals surface area (Å²) in [6, 6.07) is 9.46. The first-order valence-electron chi connectivity index (χ1n) is 7.13. The Balaban J connectivity index is 1.64. The molecule has 1 aromatic carbocycles. The highest BCUT2D eigenvalue weighted by molar-refractivity contribution is 7.08. The molecule has 0 aliphatic rings. The fourth-order valence-electron chi connectivity index (χ4n) is 2.09. The second-order valence-electron chi connectivity index (χ2n) is 5.26. The van der Waals surface area contributed by atoms with Crippen molar-refractivity contribution >= 4 is 22.9 Å². The Hall–Kier alpha value is -2.67. The van der Waals surface area contributed by atoms with E-state index < -0.39 is 0 Å². The summed E-state index contributed by atoms with van der Waals surface area (Å²) in [5.74, 6) is -0.126. The first kappa shape index (κ1) is 15.2. The number of nitrogens with one attached hydrogen (secondary N) is 1. The molecule has 0 saturated carbocycles. The number of rotatable bonds is 5. The van der Waals surface area contributed by atoms with Crippen LogP contribution in [0.4, 0.5) is 5.69 Å². The molecule has 2 aromatic heterocycles. The largest absolute Gasteiger partial charge is 0.378 e. The summed E-state index contributed by atoms with van der Waals surface area (Å²) in [6.45, 7) is 0.342. The zero-order chi connectivity index (χ0) is 16.2. The predicted octanol–water partition coefficient (Wildman–Crippen LogP) is 2.32. The number of carbonyl (C=O) groups is 1. The van der Waals surface area contributed by atoms with Gasteiger partial charge in [-0.05, 0) is 29.6 Å². The normalized spacial score (nSPS) is 10.5. The highest BCUT2D eigenvalue weighted by Crippen LogP contribution is 2.14. The molecule has 3 aromatic rings. The van der Waals surface area contributed by atoms with Crippen LogP contribution in [0.15, 0.2) is 47.3 Å². The predicted molar refractivity (Wildman–Crippen MR) is 91.2 cm³/mol. The molecular formula is C16H17N5OS. The van der Waals surface area contributed by atoms with Crippen LogP contribution >= 0.6 is 11.3 Å². The van der Waals surface area contributed by atoms with Crippen molar-refractivity contribution in [3.05, 3.63) is 58.5 Å². The first-order valence-corrected chi connectivity index (χ1v) is 8.07. The van der Waals surface area contributed by atoms with Crippen molar-refractivity contribution < 1.29 is 4.79 Å². The topological polar surface area (TPSA) is 63.1 Å². The molecule has 0 aliphatic heterocycles. The Morgan fingerprint density at radius 2 is 2.22 bits per heavy atom. The average molecular weight is 327 g/mol. The SMILES string of the molecule is CN(C)c1cccc(C(=O)NCc2cn(-c3ccsc3)nn2)c1. The zero-order valence-electron chi connectivity index (χ0n) is 12.9. The maximum atomic E-state index is 12.2. The van der Waals surface area contributed by atoms with Gasteiger partial charge < -0.3 is 10.2 Å². The number of benzene rings is 1. The maximum Gasteiger partial charge on any atom is 0.251 e. The Labute approximate surface area is 138 Å². The molecular weight excluding hydrogens is 310 g/mol. The molecule has 2 heterocycles. The number of carbonyl (C=O) groups excluding carboxylic acids is 1. The molecule has 3 rings (SSSR count). The van der Waals surface area contributed by atoms with Gasteiger partial charge in [-0.1, -0.05) is 11.3 Å². The number of hydrogen-bond acceptors (Lipinski definition) is 5. The van der Waals surface area contributed by atoms with E-state index >= 15 is 0 Å². The van der Waals surface area contributed by atoms with E-state index in [0.717, 1.165) is 11.4 Å². The molecule has 0 aliphatic carbocycles. The van der Waals surface area contributed by atoms with Crippen LogP contribution in [0, 0.1) is 0 Å². The van der Waals surface area contributed by atoms with Gasteiger partial charge in [-0.15, -0.1) is 5.10 Å². The lowest BCUT2D eigenvalue weighted by Gasteiger charge is -2.13. The molecule has 1 amide bonds. The summed E-state index contributed by atoms with van der Waals surface area (Å²) in [4.78, 5) is 14.2. The number of hydrogen-bond donors (Lipinski definition) is 1. The fourth-order valence-corrected chi connectivity index (χ4v) is 2.71. The van der Waals surface area contributed by atoms with Crippen LogP contribution in [0.3, 0.4) is 0 Å². The molecule has 0 atom stereocenters. The van der Waals surface area contributed by atoms with E-state index in [1.165, 1.54) is 0 Å². The van der Waals surface area contributed by atoms with Gasteiger partial charge in [-0.3, -0.25) is 4.79 Å². The molecule has 0 bridgehead atoms. The van der Waals surface area contributed by atoms with E-state index in [-0.39, 0.29) is 5.91 Å². The van der Waals surface area contributed by atoms with Crippen LogP contribution in [0.2, 0.25) is 0 Å². The molecule has 0 saturated heterocycles. The van der Waals surface area contributed by atoms with Gasteiger partial charge in [-0.25, -0.2) is 4.68 Å². The summed E-state index contributed by atoms with van der Waals surface area (Å²) < 4.78 is 1.70. The first-order chi connectivity index (χ1) is 11.1. The van der Waals surface area contributed by atoms with Crippen LogP contribution in [-0.4, -0.2) is 35.0 Å². The third-order valence-corrected chi connectivity index (χ3v) is 4.04. The van der Waals surface area contributed by atoms with E-state index in [9.17, 15) is 4.79 Å². The summed E-state index contributed by atoms with van der Waals surface area (Å²) >= 11 is 1.60. The van der Waals surface area contributed by atoms with Crippen LogP contribution in [0.1, 0.15) is 16.1 Å². The second-order valence-corrected chi connectivity index (χ2v) is 6.04. The minimum absolute atomic E-state index is 0.126. The molecule has 0 fully saturated rings. The van der Waals surface area contributed by atoms with Gasteiger partial charge >= 0.3 is 0 Å². The van der Waals surface area contributed by atoms with E-state index in [0.29, 0.717) is 17.8 Å². The summed E-state index contributed by atoms with van der Waals surface area (Å²) in [5, 5.41) is 15.0. The van der Waals surface area contributed by atoms with Crippen molar-refractivity contribution in [2.45, 2.75) is 6.54 Å². The Bertz CT molecular complexity index is 794. The van der Waals surface area contributed by atoms with Gasteiger partial charge in [0.2, 0.25) is 0 Å². The van der Waals surface area contributed by atoms with Crippen molar-refractivity contribution in [1.29, 1.82) is 0 Å². The molecule has 7 heteroatoms. The Morgan fingerprint density at radius 1 is 1.35 bits per heavy atom. The monoisotopic (exact) mass is 327 g/mol. The van der Waals surface area contributed by atoms with Crippen molar-refractivity contribution in [3.8, 4) is 5.69 Å². The molecule has 0 spiro atoms. The molecule has 118 valence electrons. The van der Waals surface area contributed by atoms with E-state index in [4.69, 9.17) is 0 Å². The minimum atomic E-state index is -0.126. The Kier molecular flexibility index (Phi) is 4.38. The summed E-state index contributed by atoms with van der Waals surface area (Å²) in [5.41, 5.74) is 3.30. The number of thiophene rings is 1. The van der Waals surface area contributed by atoms with E-state index in [1.54, 1.807) is 22.1 Å². The van der Waals surface area contributed by atoms with E-state index in [2.05, 4.69) is 15.6 Å².